The van der Waals surface area contributed by atoms with Gasteiger partial charge in [-0.25, -0.2) is 4.79 Å². The molecular formula is C21H28N2O4. The summed E-state index contributed by atoms with van der Waals surface area (Å²) in [4.78, 5) is 37.5. The Morgan fingerprint density at radius 1 is 1.11 bits per heavy atom. The summed E-state index contributed by atoms with van der Waals surface area (Å²) >= 11 is 0. The smallest absolute Gasteiger partial charge is 0.410 e. The maximum atomic E-state index is 12.2. The highest BCUT2D eigenvalue weighted by Crippen LogP contribution is 2.32. The monoisotopic (exact) mass is 372 g/mol. The number of benzene rings is 1. The molecule has 2 aliphatic heterocycles. The van der Waals surface area contributed by atoms with Crippen LogP contribution in [0.4, 0.5) is 4.79 Å². The number of carbonyl (C=O) groups is 3. The molecule has 2 fully saturated rings. The first-order chi connectivity index (χ1) is 12.7. The first-order valence-electron chi connectivity index (χ1n) is 9.64. The Morgan fingerprint density at radius 2 is 1.78 bits per heavy atom. The van der Waals surface area contributed by atoms with E-state index < -0.39 is 5.60 Å². The van der Waals surface area contributed by atoms with Crippen molar-refractivity contribution >= 4 is 17.9 Å². The lowest BCUT2D eigenvalue weighted by molar-refractivity contribution is -0.134. The van der Waals surface area contributed by atoms with Gasteiger partial charge in [0, 0.05) is 19.5 Å². The molecule has 0 saturated carbocycles. The number of amides is 3. The molecule has 0 spiro atoms. The van der Waals surface area contributed by atoms with Crippen molar-refractivity contribution in [2.24, 2.45) is 0 Å². The Hall–Kier alpha value is -2.37. The van der Waals surface area contributed by atoms with Gasteiger partial charge in [-0.3, -0.25) is 14.9 Å². The lowest BCUT2D eigenvalue weighted by Gasteiger charge is -2.34. The van der Waals surface area contributed by atoms with Crippen molar-refractivity contribution < 1.29 is 19.1 Å². The van der Waals surface area contributed by atoms with E-state index in [1.54, 1.807) is 4.90 Å². The maximum Gasteiger partial charge on any atom is 0.410 e. The van der Waals surface area contributed by atoms with E-state index in [9.17, 15) is 14.4 Å². The predicted molar refractivity (Wildman–Crippen MR) is 101 cm³/mol. The zero-order chi connectivity index (χ0) is 19.6. The highest BCUT2D eigenvalue weighted by molar-refractivity contribution is 6.00. The summed E-state index contributed by atoms with van der Waals surface area (Å²) in [6.45, 7) is 6.96. The summed E-state index contributed by atoms with van der Waals surface area (Å²) in [5, 5.41) is 2.43. The fraction of sp³-hybridized carbons (Fsp3) is 0.571. The standard InChI is InChI=1S/C21H28N2O4/c1-21(2,3)27-20(26)23-11-9-14(10-12-23)15-5-4-6-16(13-15)17-7-8-18(24)22-19(17)25/h4-6,13-14,17H,7-12H2,1-3H3,(H,22,24,25). The Morgan fingerprint density at radius 3 is 2.41 bits per heavy atom. The van der Waals surface area contributed by atoms with Crippen LogP contribution in [0.3, 0.4) is 0 Å². The van der Waals surface area contributed by atoms with Gasteiger partial charge in [0.1, 0.15) is 5.60 Å². The average Bonchev–Trinajstić information content (AvgIpc) is 2.60. The second-order valence-corrected chi connectivity index (χ2v) is 8.42. The zero-order valence-electron chi connectivity index (χ0n) is 16.3. The number of hydrogen-bond donors (Lipinski definition) is 1. The van der Waals surface area contributed by atoms with Gasteiger partial charge < -0.3 is 9.64 Å². The minimum atomic E-state index is -0.482. The normalized spacial score (nSPS) is 21.7. The van der Waals surface area contributed by atoms with E-state index in [4.69, 9.17) is 4.74 Å². The second kappa shape index (κ2) is 7.71. The Labute approximate surface area is 160 Å². The highest BCUT2D eigenvalue weighted by atomic mass is 16.6. The van der Waals surface area contributed by atoms with Crippen LogP contribution in [0.2, 0.25) is 0 Å². The van der Waals surface area contributed by atoms with E-state index in [0.717, 1.165) is 18.4 Å². The Balaban J connectivity index is 1.63. The number of nitrogens with zero attached hydrogens (tertiary/aromatic N) is 1. The molecule has 146 valence electrons. The molecule has 6 heteroatoms. The van der Waals surface area contributed by atoms with E-state index >= 15 is 0 Å². The van der Waals surface area contributed by atoms with Crippen LogP contribution < -0.4 is 5.32 Å². The van der Waals surface area contributed by atoms with Crippen LogP contribution in [-0.4, -0.2) is 41.5 Å². The van der Waals surface area contributed by atoms with Gasteiger partial charge in [-0.1, -0.05) is 24.3 Å². The molecule has 1 unspecified atom stereocenters. The van der Waals surface area contributed by atoms with Crippen LogP contribution in [0, 0.1) is 0 Å². The molecule has 1 atom stereocenters. The van der Waals surface area contributed by atoms with Gasteiger partial charge in [-0.2, -0.15) is 0 Å². The zero-order valence-corrected chi connectivity index (χ0v) is 16.3. The third-order valence-corrected chi connectivity index (χ3v) is 5.17. The molecule has 1 aromatic carbocycles. The number of piperidine rings is 2. The fourth-order valence-electron chi connectivity index (χ4n) is 3.76. The Bertz CT molecular complexity index is 730. The quantitative estimate of drug-likeness (QED) is 0.808. The Kier molecular flexibility index (Phi) is 5.53. The molecule has 0 radical (unpaired) electrons. The van der Waals surface area contributed by atoms with Crippen molar-refractivity contribution in [2.75, 3.05) is 13.1 Å². The molecule has 1 aromatic rings. The lowest BCUT2D eigenvalue weighted by atomic mass is 9.85. The maximum absolute atomic E-state index is 12.2. The number of rotatable bonds is 2. The molecule has 0 aromatic heterocycles. The summed E-state index contributed by atoms with van der Waals surface area (Å²) in [6, 6.07) is 8.12. The van der Waals surface area contributed by atoms with E-state index in [2.05, 4.69) is 17.4 Å². The molecule has 2 saturated heterocycles. The van der Waals surface area contributed by atoms with Gasteiger partial charge in [0.15, 0.2) is 0 Å². The van der Waals surface area contributed by atoms with E-state index in [1.165, 1.54) is 5.56 Å². The van der Waals surface area contributed by atoms with Gasteiger partial charge in [0.05, 0.1) is 5.92 Å². The number of carbonyl (C=O) groups excluding carboxylic acids is 3. The SMILES string of the molecule is CC(C)(C)OC(=O)N1CCC(c2cccc(C3CCC(=O)NC3=O)c2)CC1. The van der Waals surface area contributed by atoms with Crippen molar-refractivity contribution in [3.8, 4) is 0 Å². The van der Waals surface area contributed by atoms with Gasteiger partial charge in [-0.15, -0.1) is 0 Å². The lowest BCUT2D eigenvalue weighted by Crippen LogP contribution is -2.41. The van der Waals surface area contributed by atoms with E-state index in [-0.39, 0.29) is 23.8 Å². The first-order valence-corrected chi connectivity index (χ1v) is 9.64. The summed E-state index contributed by atoms with van der Waals surface area (Å²) in [7, 11) is 0. The van der Waals surface area contributed by atoms with Crippen LogP contribution >= 0.6 is 0 Å². The molecule has 3 amide bonds. The van der Waals surface area contributed by atoms with Crippen molar-refractivity contribution in [3.05, 3.63) is 35.4 Å². The summed E-state index contributed by atoms with van der Waals surface area (Å²) in [5.41, 5.74) is 1.68. The number of ether oxygens (including phenoxy) is 1. The third kappa shape index (κ3) is 4.87. The third-order valence-electron chi connectivity index (χ3n) is 5.17. The number of likely N-dealkylation sites (tertiary alicyclic amines) is 1. The van der Waals surface area contributed by atoms with E-state index in [0.29, 0.717) is 31.8 Å². The molecule has 2 aliphatic rings. The van der Waals surface area contributed by atoms with Gasteiger partial charge in [0.2, 0.25) is 11.8 Å². The molecule has 27 heavy (non-hydrogen) atoms. The molecule has 3 rings (SSSR count). The fourth-order valence-corrected chi connectivity index (χ4v) is 3.76. The topological polar surface area (TPSA) is 75.7 Å². The summed E-state index contributed by atoms with van der Waals surface area (Å²) < 4.78 is 5.45. The summed E-state index contributed by atoms with van der Waals surface area (Å²) in [5.74, 6) is -0.300. The number of imide groups is 1. The molecule has 0 bridgehead atoms. The molecule has 1 N–H and O–H groups in total. The van der Waals surface area contributed by atoms with Gasteiger partial charge in [0.25, 0.3) is 0 Å². The van der Waals surface area contributed by atoms with Crippen LogP contribution in [0.15, 0.2) is 24.3 Å². The highest BCUT2D eigenvalue weighted by Gasteiger charge is 2.30. The van der Waals surface area contributed by atoms with Crippen LogP contribution in [0.5, 0.6) is 0 Å². The molecule has 6 nitrogen and oxygen atoms in total. The summed E-state index contributed by atoms with van der Waals surface area (Å²) in [6.07, 6.45) is 2.44. The predicted octanol–water partition coefficient (Wildman–Crippen LogP) is 3.32. The van der Waals surface area contributed by atoms with Crippen LogP contribution in [-0.2, 0) is 14.3 Å². The van der Waals surface area contributed by atoms with Crippen LogP contribution in [0.1, 0.15) is 69.4 Å². The number of nitrogens with one attached hydrogen (secondary N) is 1. The van der Waals surface area contributed by atoms with Crippen LogP contribution in [0.25, 0.3) is 0 Å². The second-order valence-electron chi connectivity index (χ2n) is 8.42. The molecule has 2 heterocycles. The minimum absolute atomic E-state index is 0.193. The van der Waals surface area contributed by atoms with Crippen molar-refractivity contribution in [1.82, 2.24) is 10.2 Å². The minimum Gasteiger partial charge on any atom is -0.444 e. The van der Waals surface area contributed by atoms with Gasteiger partial charge >= 0.3 is 6.09 Å². The first kappa shape index (κ1) is 19.4. The number of hydrogen-bond acceptors (Lipinski definition) is 4. The van der Waals surface area contributed by atoms with Crippen molar-refractivity contribution in [3.63, 3.8) is 0 Å². The molecule has 0 aliphatic carbocycles. The average molecular weight is 372 g/mol. The van der Waals surface area contributed by atoms with Gasteiger partial charge in [-0.05, 0) is 57.1 Å². The van der Waals surface area contributed by atoms with Crippen molar-refractivity contribution in [2.45, 2.75) is 63.9 Å². The van der Waals surface area contributed by atoms with Crippen molar-refractivity contribution in [1.29, 1.82) is 0 Å². The largest absolute Gasteiger partial charge is 0.444 e. The van der Waals surface area contributed by atoms with E-state index in [1.807, 2.05) is 32.9 Å². The molecular weight excluding hydrogens is 344 g/mol.